The van der Waals surface area contributed by atoms with Crippen molar-refractivity contribution in [3.8, 4) is 0 Å². The van der Waals surface area contributed by atoms with E-state index in [-0.39, 0.29) is 18.2 Å². The first-order valence-electron chi connectivity index (χ1n) is 9.54. The summed E-state index contributed by atoms with van der Waals surface area (Å²) in [4.78, 5) is 14.6. The van der Waals surface area contributed by atoms with Crippen molar-refractivity contribution in [2.75, 3.05) is 11.4 Å². The van der Waals surface area contributed by atoms with Crippen LogP contribution in [0.5, 0.6) is 0 Å². The van der Waals surface area contributed by atoms with Gasteiger partial charge in [-0.1, -0.05) is 24.4 Å². The molecule has 1 saturated carbocycles. The molecule has 0 saturated heterocycles. The van der Waals surface area contributed by atoms with Gasteiger partial charge in [0.05, 0.1) is 12.1 Å². The van der Waals surface area contributed by atoms with Crippen LogP contribution in [0.1, 0.15) is 64.0 Å². The minimum absolute atomic E-state index is 0.0577. The van der Waals surface area contributed by atoms with E-state index in [0.29, 0.717) is 5.15 Å². The number of ether oxygens (including phenoxy) is 1. The first-order chi connectivity index (χ1) is 12.3. The standard InChI is InChI=1S/C19H29ClN4O2/c1-12-13-8-7-11-24(17(13)23-22-16(12)20)15-10-6-5-9-14(15)21-18(25)26-19(2,3)4/h14-15H,5-11H2,1-4H3,(H,21,25)/t14-,15-/m1/s1. The molecule has 2 aliphatic rings. The fraction of sp³-hybridized carbons (Fsp3) is 0.737. The average molecular weight is 381 g/mol. The molecule has 0 bridgehead atoms. The zero-order valence-electron chi connectivity index (χ0n) is 16.1. The minimum atomic E-state index is -0.495. The number of nitrogens with zero attached hydrogens (tertiary/aromatic N) is 3. The van der Waals surface area contributed by atoms with Gasteiger partial charge in [0.1, 0.15) is 5.60 Å². The second-order valence-corrected chi connectivity index (χ2v) is 8.68. The van der Waals surface area contributed by atoms with Crippen molar-refractivity contribution in [1.82, 2.24) is 15.5 Å². The molecule has 3 rings (SSSR count). The number of halogens is 1. The molecule has 0 unspecified atom stereocenters. The van der Waals surface area contributed by atoms with Crippen LogP contribution in [0.3, 0.4) is 0 Å². The predicted octanol–water partition coefficient (Wildman–Crippen LogP) is 4.03. The summed E-state index contributed by atoms with van der Waals surface area (Å²) in [5.74, 6) is 0.932. The van der Waals surface area contributed by atoms with Gasteiger partial charge in [0.25, 0.3) is 0 Å². The summed E-state index contributed by atoms with van der Waals surface area (Å²) in [5.41, 5.74) is 1.72. The number of hydrogen-bond donors (Lipinski definition) is 1. The van der Waals surface area contributed by atoms with Gasteiger partial charge in [-0.05, 0) is 58.9 Å². The molecule has 1 amide bonds. The number of aromatic nitrogens is 2. The van der Waals surface area contributed by atoms with Gasteiger partial charge in [-0.25, -0.2) is 4.79 Å². The lowest BCUT2D eigenvalue weighted by atomic mass is 9.87. The molecule has 6 nitrogen and oxygen atoms in total. The van der Waals surface area contributed by atoms with Crippen LogP contribution in [-0.4, -0.2) is 40.5 Å². The third kappa shape index (κ3) is 4.22. The first kappa shape index (κ1) is 19.2. The summed E-state index contributed by atoms with van der Waals surface area (Å²) in [6.07, 6.45) is 5.95. The molecular weight excluding hydrogens is 352 g/mol. The monoisotopic (exact) mass is 380 g/mol. The number of nitrogens with one attached hydrogen (secondary N) is 1. The van der Waals surface area contributed by atoms with Crippen molar-refractivity contribution < 1.29 is 9.53 Å². The summed E-state index contributed by atoms with van der Waals surface area (Å²) >= 11 is 6.17. The molecule has 1 aliphatic heterocycles. The number of fused-ring (bicyclic) bond motifs is 1. The number of alkyl carbamates (subject to hydrolysis) is 1. The quantitative estimate of drug-likeness (QED) is 0.839. The number of hydrogen-bond acceptors (Lipinski definition) is 5. The highest BCUT2D eigenvalue weighted by Crippen LogP contribution is 2.34. The van der Waals surface area contributed by atoms with Crippen molar-refractivity contribution in [3.05, 3.63) is 16.3 Å². The van der Waals surface area contributed by atoms with Crippen molar-refractivity contribution in [2.24, 2.45) is 0 Å². The molecule has 7 heteroatoms. The van der Waals surface area contributed by atoms with Crippen molar-refractivity contribution in [2.45, 2.75) is 83.9 Å². The smallest absolute Gasteiger partial charge is 0.407 e. The second kappa shape index (κ2) is 7.59. The van der Waals surface area contributed by atoms with Gasteiger partial charge >= 0.3 is 6.09 Å². The molecule has 1 N–H and O–H groups in total. The number of carbonyl (C=O) groups is 1. The Hall–Kier alpha value is -1.56. The summed E-state index contributed by atoms with van der Waals surface area (Å²) in [6.45, 7) is 8.59. The Morgan fingerprint density at radius 2 is 1.96 bits per heavy atom. The van der Waals surface area contributed by atoms with E-state index >= 15 is 0 Å². The highest BCUT2D eigenvalue weighted by Gasteiger charge is 2.35. The zero-order valence-corrected chi connectivity index (χ0v) is 16.9. The maximum Gasteiger partial charge on any atom is 0.407 e. The molecule has 0 radical (unpaired) electrons. The van der Waals surface area contributed by atoms with E-state index in [4.69, 9.17) is 16.3 Å². The lowest BCUT2D eigenvalue weighted by molar-refractivity contribution is 0.0484. The van der Waals surface area contributed by atoms with Crippen LogP contribution in [0, 0.1) is 6.92 Å². The van der Waals surface area contributed by atoms with E-state index in [9.17, 15) is 4.79 Å². The van der Waals surface area contributed by atoms with Crippen molar-refractivity contribution in [3.63, 3.8) is 0 Å². The third-order valence-corrected chi connectivity index (χ3v) is 5.55. The molecule has 2 atom stereocenters. The van der Waals surface area contributed by atoms with Crippen LogP contribution in [0.25, 0.3) is 0 Å². The van der Waals surface area contributed by atoms with Gasteiger partial charge in [0.15, 0.2) is 11.0 Å². The molecule has 0 spiro atoms. The van der Waals surface area contributed by atoms with Gasteiger partial charge in [0, 0.05) is 12.1 Å². The first-order valence-corrected chi connectivity index (χ1v) is 9.92. The molecular formula is C19H29ClN4O2. The Bertz CT molecular complexity index is 674. The van der Waals surface area contributed by atoms with Crippen molar-refractivity contribution >= 4 is 23.5 Å². The number of rotatable bonds is 2. The lowest BCUT2D eigenvalue weighted by Gasteiger charge is -2.43. The van der Waals surface area contributed by atoms with Crippen LogP contribution in [0.15, 0.2) is 0 Å². The van der Waals surface area contributed by atoms with E-state index in [1.54, 1.807) is 0 Å². The largest absolute Gasteiger partial charge is 0.444 e. The summed E-state index contributed by atoms with van der Waals surface area (Å²) in [7, 11) is 0. The zero-order chi connectivity index (χ0) is 18.9. The van der Waals surface area contributed by atoms with E-state index in [2.05, 4.69) is 20.4 Å². The van der Waals surface area contributed by atoms with E-state index in [1.807, 2.05) is 27.7 Å². The Kier molecular flexibility index (Phi) is 5.61. The molecule has 26 heavy (non-hydrogen) atoms. The number of amides is 1. The topological polar surface area (TPSA) is 67.4 Å². The van der Waals surface area contributed by atoms with E-state index < -0.39 is 5.60 Å². The number of anilines is 1. The summed E-state index contributed by atoms with van der Waals surface area (Å²) in [6, 6.07) is 0.271. The van der Waals surface area contributed by atoms with Gasteiger partial charge in [0.2, 0.25) is 0 Å². The van der Waals surface area contributed by atoms with Crippen LogP contribution in [0.2, 0.25) is 5.15 Å². The van der Waals surface area contributed by atoms with Crippen LogP contribution in [0.4, 0.5) is 10.6 Å². The maximum absolute atomic E-state index is 12.3. The van der Waals surface area contributed by atoms with Crippen LogP contribution < -0.4 is 10.2 Å². The SMILES string of the molecule is Cc1c(Cl)nnc2c1CCCN2[C@@H]1CCCC[C@H]1NC(=O)OC(C)(C)C. The van der Waals surface area contributed by atoms with E-state index in [0.717, 1.165) is 56.5 Å². The predicted molar refractivity (Wildman–Crippen MR) is 103 cm³/mol. The Labute approximate surface area is 160 Å². The lowest BCUT2D eigenvalue weighted by Crippen LogP contribution is -2.55. The molecule has 1 aliphatic carbocycles. The maximum atomic E-state index is 12.3. The third-order valence-electron chi connectivity index (χ3n) is 5.19. The second-order valence-electron chi connectivity index (χ2n) is 8.32. The molecule has 2 heterocycles. The van der Waals surface area contributed by atoms with Gasteiger partial charge in [-0.3, -0.25) is 0 Å². The molecule has 1 aromatic heterocycles. The fourth-order valence-electron chi connectivity index (χ4n) is 4.02. The van der Waals surface area contributed by atoms with Gasteiger partial charge in [-0.15, -0.1) is 10.2 Å². The van der Waals surface area contributed by atoms with Crippen LogP contribution >= 0.6 is 11.6 Å². The average Bonchev–Trinajstić information content (AvgIpc) is 2.57. The molecule has 1 fully saturated rings. The number of carbonyl (C=O) groups excluding carboxylic acids is 1. The highest BCUT2D eigenvalue weighted by atomic mass is 35.5. The highest BCUT2D eigenvalue weighted by molar-refractivity contribution is 6.30. The Morgan fingerprint density at radius 3 is 2.69 bits per heavy atom. The van der Waals surface area contributed by atoms with E-state index in [1.165, 1.54) is 5.56 Å². The summed E-state index contributed by atoms with van der Waals surface area (Å²) in [5, 5.41) is 12.1. The Balaban J connectivity index is 1.81. The fourth-order valence-corrected chi connectivity index (χ4v) is 4.17. The van der Waals surface area contributed by atoms with Gasteiger partial charge < -0.3 is 15.0 Å². The Morgan fingerprint density at radius 1 is 1.23 bits per heavy atom. The van der Waals surface area contributed by atoms with Gasteiger partial charge in [-0.2, -0.15) is 0 Å². The van der Waals surface area contributed by atoms with Crippen molar-refractivity contribution in [1.29, 1.82) is 0 Å². The molecule has 0 aromatic carbocycles. The molecule has 144 valence electrons. The normalized spacial score (nSPS) is 23.3. The summed E-state index contributed by atoms with van der Waals surface area (Å²) < 4.78 is 5.47. The minimum Gasteiger partial charge on any atom is -0.444 e. The van der Waals surface area contributed by atoms with Crippen LogP contribution in [-0.2, 0) is 11.2 Å². The molecule has 1 aromatic rings.